The molecule has 22 heteroatoms. The van der Waals surface area contributed by atoms with Crippen LogP contribution in [0.15, 0.2) is 0 Å². The molecule has 11 atom stereocenters. The molecule has 11 unspecified atom stereocenters. The Kier molecular flexibility index (Phi) is 14.5. The number of ether oxygens (including phenoxy) is 2. The molecular formula is C16H26N2Na2O16P2. The fourth-order valence-electron chi connectivity index (χ4n) is 3.68. The molecule has 3 saturated heterocycles. The molecule has 0 bridgehead atoms. The second kappa shape index (κ2) is 14.9. The van der Waals surface area contributed by atoms with Crippen LogP contribution in [0.1, 0.15) is 13.3 Å². The van der Waals surface area contributed by atoms with Crippen LogP contribution in [0.4, 0.5) is 4.79 Å². The minimum absolute atomic E-state index is 0. The van der Waals surface area contributed by atoms with Gasteiger partial charge in [-0.25, -0.2) is 9.11 Å². The van der Waals surface area contributed by atoms with Crippen LogP contribution in [0.2, 0.25) is 0 Å². The second-order valence-electron chi connectivity index (χ2n) is 8.35. The Morgan fingerprint density at radius 1 is 1.03 bits per heavy atom. The van der Waals surface area contributed by atoms with Crippen molar-refractivity contribution in [1.29, 1.82) is 0 Å². The average Bonchev–Trinajstić information content (AvgIpc) is 3.14. The number of aliphatic hydroxyl groups is 5. The Bertz CT molecular complexity index is 932. The molecule has 0 spiro atoms. The Labute approximate surface area is 260 Å². The summed E-state index contributed by atoms with van der Waals surface area (Å²) >= 11 is 0. The maximum absolute atomic E-state index is 12.0. The van der Waals surface area contributed by atoms with Crippen molar-refractivity contribution in [3.63, 3.8) is 0 Å². The van der Waals surface area contributed by atoms with Crippen LogP contribution in [-0.4, -0.2) is 111 Å². The molecule has 0 aromatic carbocycles. The van der Waals surface area contributed by atoms with E-state index in [1.54, 1.807) is 6.92 Å². The van der Waals surface area contributed by atoms with Gasteiger partial charge in [0.2, 0.25) is 5.91 Å². The third kappa shape index (κ3) is 9.21. The van der Waals surface area contributed by atoms with Crippen LogP contribution >= 0.6 is 15.6 Å². The predicted molar refractivity (Wildman–Crippen MR) is 106 cm³/mol. The zero-order chi connectivity index (χ0) is 27.0. The summed E-state index contributed by atoms with van der Waals surface area (Å²) in [5.41, 5.74) is 0. The normalized spacial score (nSPS) is 38.8. The van der Waals surface area contributed by atoms with E-state index in [1.807, 2.05) is 0 Å². The molecule has 18 nitrogen and oxygen atoms in total. The number of aliphatic hydroxyl groups excluding tert-OH is 5. The summed E-state index contributed by atoms with van der Waals surface area (Å²) in [6.45, 7) is -0.300. The molecule has 3 heterocycles. The van der Waals surface area contributed by atoms with Gasteiger partial charge < -0.3 is 49.3 Å². The summed E-state index contributed by atoms with van der Waals surface area (Å²) in [6.07, 6.45) is -13.6. The van der Waals surface area contributed by atoms with Gasteiger partial charge in [-0.05, 0) is 0 Å². The maximum atomic E-state index is 12.0. The van der Waals surface area contributed by atoms with Gasteiger partial charge in [0.25, 0.3) is 15.6 Å². The molecule has 0 aromatic heterocycles. The molecule has 3 amide bonds. The molecule has 0 aliphatic carbocycles. The molecule has 3 aliphatic heterocycles. The van der Waals surface area contributed by atoms with Gasteiger partial charge >= 0.3 is 65.1 Å². The van der Waals surface area contributed by atoms with Crippen LogP contribution in [0.5, 0.6) is 0 Å². The minimum atomic E-state index is -5.84. The number of carbonyl (C=O) groups is 2. The van der Waals surface area contributed by atoms with E-state index in [1.165, 1.54) is 0 Å². The van der Waals surface area contributed by atoms with E-state index < -0.39 is 95.9 Å². The number of imide groups is 1. The summed E-state index contributed by atoms with van der Waals surface area (Å²) in [4.78, 5) is 48.8. The van der Waals surface area contributed by atoms with Gasteiger partial charge in [0.15, 0.2) is 6.29 Å². The summed E-state index contributed by atoms with van der Waals surface area (Å²) in [6, 6.07) is -0.771. The number of urea groups is 1. The number of amides is 3. The third-order valence-electron chi connectivity index (χ3n) is 5.64. The van der Waals surface area contributed by atoms with Gasteiger partial charge in [-0.2, -0.15) is 0 Å². The van der Waals surface area contributed by atoms with Gasteiger partial charge in [0.05, 0.1) is 25.2 Å². The SMILES string of the molecule is CC1CN(C2CC(O)C(COP(=O)([O-])OP(=O)([O-])OC3OC(CO)C(O)C(O)C3O)O2)C(=O)NC1=O.[Na+].[Na+]. The summed E-state index contributed by atoms with van der Waals surface area (Å²) in [5, 5.41) is 50.5. The zero-order valence-electron chi connectivity index (χ0n) is 20.6. The zero-order valence-corrected chi connectivity index (χ0v) is 26.4. The fraction of sp³-hybridized carbons (Fsp3) is 0.875. The van der Waals surface area contributed by atoms with Crippen LogP contribution in [0.25, 0.3) is 0 Å². The Balaban J connectivity index is 0.00000361. The summed E-state index contributed by atoms with van der Waals surface area (Å²) in [7, 11) is -11.5. The van der Waals surface area contributed by atoms with Gasteiger partial charge in [-0.15, -0.1) is 0 Å². The smallest absolute Gasteiger partial charge is 0.756 e. The number of phosphoric ester groups is 2. The van der Waals surface area contributed by atoms with E-state index in [4.69, 9.17) is 14.6 Å². The van der Waals surface area contributed by atoms with Crippen LogP contribution in [-0.2, 0) is 36.8 Å². The maximum Gasteiger partial charge on any atom is 1.00 e. The largest absolute Gasteiger partial charge is 1.00 e. The first kappa shape index (κ1) is 36.9. The molecule has 3 aliphatic rings. The van der Waals surface area contributed by atoms with Crippen molar-refractivity contribution in [2.45, 2.75) is 62.5 Å². The fourth-order valence-corrected chi connectivity index (χ4v) is 5.76. The van der Waals surface area contributed by atoms with E-state index >= 15 is 0 Å². The first-order chi connectivity index (χ1) is 16.6. The number of nitrogens with zero attached hydrogens (tertiary/aromatic N) is 1. The quantitative estimate of drug-likeness (QED) is 0.104. The first-order valence-electron chi connectivity index (χ1n) is 10.6. The van der Waals surface area contributed by atoms with Crippen molar-refractivity contribution in [2.24, 2.45) is 5.92 Å². The van der Waals surface area contributed by atoms with Crippen molar-refractivity contribution in [3.8, 4) is 0 Å². The van der Waals surface area contributed by atoms with Crippen molar-refractivity contribution in [2.75, 3.05) is 19.8 Å². The molecule has 208 valence electrons. The summed E-state index contributed by atoms with van der Waals surface area (Å²) < 4.78 is 47.0. The van der Waals surface area contributed by atoms with Crippen LogP contribution < -0.4 is 74.2 Å². The number of phosphoric acid groups is 2. The second-order valence-corrected chi connectivity index (χ2v) is 11.3. The topological polar surface area (TPSA) is 277 Å². The molecule has 0 radical (unpaired) electrons. The monoisotopic (exact) mass is 610 g/mol. The molecule has 0 saturated carbocycles. The van der Waals surface area contributed by atoms with Gasteiger partial charge in [-0.3, -0.25) is 28.7 Å². The Hall–Kier alpha value is 0.920. The van der Waals surface area contributed by atoms with Crippen LogP contribution in [0.3, 0.4) is 0 Å². The van der Waals surface area contributed by atoms with E-state index in [0.29, 0.717) is 0 Å². The number of hydrogen-bond donors (Lipinski definition) is 6. The molecule has 6 N–H and O–H groups in total. The van der Waals surface area contributed by atoms with Gasteiger partial charge in [0.1, 0.15) is 36.7 Å². The van der Waals surface area contributed by atoms with Crippen molar-refractivity contribution < 1.29 is 136 Å². The van der Waals surface area contributed by atoms with E-state index in [2.05, 4.69) is 18.7 Å². The number of rotatable bonds is 9. The molecule has 3 fully saturated rings. The summed E-state index contributed by atoms with van der Waals surface area (Å²) in [5.74, 6) is -1.06. The first-order valence-corrected chi connectivity index (χ1v) is 13.5. The molecule has 3 rings (SSSR count). The molecular weight excluding hydrogens is 584 g/mol. The van der Waals surface area contributed by atoms with E-state index in [-0.39, 0.29) is 72.1 Å². The van der Waals surface area contributed by atoms with Crippen LogP contribution in [0, 0.1) is 5.92 Å². The third-order valence-corrected chi connectivity index (χ3v) is 8.17. The van der Waals surface area contributed by atoms with Crippen molar-refractivity contribution >= 4 is 27.6 Å². The number of nitrogens with one attached hydrogen (secondary N) is 1. The molecule has 38 heavy (non-hydrogen) atoms. The minimum Gasteiger partial charge on any atom is -0.756 e. The predicted octanol–water partition coefficient (Wildman–Crippen LogP) is -10.6. The van der Waals surface area contributed by atoms with Gasteiger partial charge in [-0.1, -0.05) is 6.92 Å². The average molecular weight is 610 g/mol. The van der Waals surface area contributed by atoms with Crippen molar-refractivity contribution in [1.82, 2.24) is 10.2 Å². The Morgan fingerprint density at radius 2 is 1.66 bits per heavy atom. The Morgan fingerprint density at radius 3 is 2.26 bits per heavy atom. The number of hydrogen-bond acceptors (Lipinski definition) is 16. The van der Waals surface area contributed by atoms with E-state index in [0.717, 1.165) is 4.90 Å². The molecule has 0 aromatic rings. The van der Waals surface area contributed by atoms with E-state index in [9.17, 15) is 48.9 Å². The van der Waals surface area contributed by atoms with Crippen molar-refractivity contribution in [3.05, 3.63) is 0 Å². The van der Waals surface area contributed by atoms with Gasteiger partial charge in [0, 0.05) is 13.0 Å². The number of carbonyl (C=O) groups excluding carboxylic acids is 2. The standard InChI is InChI=1S/C16H28N2O16P2.2Na/c1-6-3-18(16(25)17-14(6)24)10-2-7(20)9(31-10)5-30-35(26,27)34-36(28,29)33-15-13(23)12(22)11(21)8(4-19)32-15;;/h6-13,15,19-23H,2-5H2,1H3,(H,26,27)(H,28,29)(H,17,24,25);;/q;2*+1/p-2.